The van der Waals surface area contributed by atoms with E-state index in [4.69, 9.17) is 14.2 Å². The van der Waals surface area contributed by atoms with Crippen LogP contribution >= 0.6 is 0 Å². The number of ether oxygens (including phenoxy) is 3. The number of aromatic amines is 1. The minimum Gasteiger partial charge on any atom is -0.465 e. The van der Waals surface area contributed by atoms with Crippen molar-refractivity contribution in [2.75, 3.05) is 38.7 Å². The maximum Gasteiger partial charge on any atom is 0.407 e. The number of nitriles is 1. The number of hydrogen-bond acceptors (Lipinski definition) is 8. The van der Waals surface area contributed by atoms with E-state index in [9.17, 15) is 14.9 Å². The summed E-state index contributed by atoms with van der Waals surface area (Å²) in [6.45, 7) is 9.53. The lowest BCUT2D eigenvalue weighted by molar-refractivity contribution is 0.0342. The number of amides is 1. The van der Waals surface area contributed by atoms with Gasteiger partial charge in [0.05, 0.1) is 38.0 Å². The third-order valence-corrected chi connectivity index (χ3v) is 7.89. The molecule has 3 aromatic carbocycles. The lowest BCUT2D eigenvalue weighted by Crippen LogP contribution is -2.49. The van der Waals surface area contributed by atoms with Crippen LogP contribution in [0.3, 0.4) is 0 Å². The summed E-state index contributed by atoms with van der Waals surface area (Å²) in [5.74, 6) is -0.543. The van der Waals surface area contributed by atoms with E-state index in [1.165, 1.54) is 12.7 Å². The van der Waals surface area contributed by atoms with E-state index < -0.39 is 29.7 Å². The molecule has 46 heavy (non-hydrogen) atoms. The Labute approximate surface area is 269 Å². The van der Waals surface area contributed by atoms with Crippen LogP contribution in [0.1, 0.15) is 42.3 Å². The number of methoxy groups -OCH3 is 1. The van der Waals surface area contributed by atoms with Crippen LogP contribution in [0.15, 0.2) is 72.9 Å². The molecule has 3 N–H and O–H groups in total. The van der Waals surface area contributed by atoms with Gasteiger partial charge in [0.25, 0.3) is 0 Å². The lowest BCUT2D eigenvalue weighted by atomic mass is 9.97. The number of carbonyl (C=O) groups excluding carboxylic acids is 2. The van der Waals surface area contributed by atoms with Crippen molar-refractivity contribution in [1.82, 2.24) is 15.2 Å². The SMILES string of the molecule is COC(=O)c1cc(-c2ccc(CN3CCOCC3)cc2)ccc1N[C@@H](C#N)[C@H](Cc1c[nH]c2ccccc12)NC(=O)OC(C)(C)C. The number of fused-ring (bicyclic) bond motifs is 1. The number of nitrogens with zero attached hydrogens (tertiary/aromatic N) is 2. The van der Waals surface area contributed by atoms with Crippen molar-refractivity contribution >= 4 is 28.7 Å². The number of alkyl carbamates (subject to hydrolysis) is 1. The summed E-state index contributed by atoms with van der Waals surface area (Å²) >= 11 is 0. The molecule has 240 valence electrons. The molecule has 10 heteroatoms. The van der Waals surface area contributed by atoms with Gasteiger partial charge < -0.3 is 29.8 Å². The van der Waals surface area contributed by atoms with Crippen LogP contribution in [0.4, 0.5) is 10.5 Å². The minimum atomic E-state index is -0.921. The average molecular weight is 624 g/mol. The van der Waals surface area contributed by atoms with Crippen molar-refractivity contribution in [2.45, 2.75) is 51.4 Å². The zero-order valence-corrected chi connectivity index (χ0v) is 26.8. The van der Waals surface area contributed by atoms with E-state index in [2.05, 4.69) is 38.7 Å². The number of hydrogen-bond donors (Lipinski definition) is 3. The van der Waals surface area contributed by atoms with Gasteiger partial charge in [-0.2, -0.15) is 5.26 Å². The number of rotatable bonds is 10. The Balaban J connectivity index is 1.40. The van der Waals surface area contributed by atoms with Crippen LogP contribution in [0.25, 0.3) is 22.0 Å². The first-order chi connectivity index (χ1) is 22.1. The minimum absolute atomic E-state index is 0.278. The number of anilines is 1. The van der Waals surface area contributed by atoms with Crippen LogP contribution in [-0.2, 0) is 27.2 Å². The summed E-state index contributed by atoms with van der Waals surface area (Å²) in [6, 6.07) is 22.2. The number of esters is 1. The summed E-state index contributed by atoms with van der Waals surface area (Å²) in [7, 11) is 1.32. The first-order valence-electron chi connectivity index (χ1n) is 15.5. The van der Waals surface area contributed by atoms with Crippen molar-refractivity contribution in [2.24, 2.45) is 0 Å². The second-order valence-electron chi connectivity index (χ2n) is 12.4. The number of benzene rings is 3. The molecule has 2 heterocycles. The summed E-state index contributed by atoms with van der Waals surface area (Å²) in [6.07, 6.45) is 1.57. The van der Waals surface area contributed by atoms with Gasteiger partial charge in [-0.05, 0) is 67.6 Å². The normalized spacial score (nSPS) is 15.0. The van der Waals surface area contributed by atoms with Gasteiger partial charge in [0.15, 0.2) is 0 Å². The molecule has 10 nitrogen and oxygen atoms in total. The van der Waals surface area contributed by atoms with Crippen molar-refractivity contribution in [3.8, 4) is 17.2 Å². The van der Waals surface area contributed by atoms with Gasteiger partial charge in [0.1, 0.15) is 11.6 Å². The topological polar surface area (TPSA) is 129 Å². The van der Waals surface area contributed by atoms with E-state index in [-0.39, 0.29) is 5.56 Å². The molecule has 1 amide bonds. The molecule has 4 aromatic rings. The summed E-state index contributed by atoms with van der Waals surface area (Å²) in [4.78, 5) is 31.6. The maximum atomic E-state index is 13.0. The molecule has 0 aliphatic carbocycles. The van der Waals surface area contributed by atoms with E-state index >= 15 is 0 Å². The first kappa shape index (κ1) is 32.5. The van der Waals surface area contributed by atoms with Crippen LogP contribution in [0.2, 0.25) is 0 Å². The van der Waals surface area contributed by atoms with E-state index in [1.54, 1.807) is 32.9 Å². The molecule has 1 aliphatic rings. The van der Waals surface area contributed by atoms with Crippen molar-refractivity contribution in [1.29, 1.82) is 5.26 Å². The Kier molecular flexibility index (Phi) is 10.3. The third-order valence-electron chi connectivity index (χ3n) is 7.89. The van der Waals surface area contributed by atoms with Crippen molar-refractivity contribution in [3.63, 3.8) is 0 Å². The fourth-order valence-electron chi connectivity index (χ4n) is 5.59. The maximum absolute atomic E-state index is 13.0. The van der Waals surface area contributed by atoms with E-state index in [1.807, 2.05) is 48.7 Å². The Hall–Kier alpha value is -4.85. The molecule has 0 unspecified atom stereocenters. The molecular weight excluding hydrogens is 582 g/mol. The smallest absolute Gasteiger partial charge is 0.407 e. The van der Waals surface area contributed by atoms with Crippen LogP contribution < -0.4 is 10.6 Å². The van der Waals surface area contributed by atoms with Gasteiger partial charge in [-0.15, -0.1) is 0 Å². The van der Waals surface area contributed by atoms with Crippen LogP contribution in [-0.4, -0.2) is 73.0 Å². The Morgan fingerprint density at radius 2 is 1.76 bits per heavy atom. The summed E-state index contributed by atoms with van der Waals surface area (Å²) < 4.78 is 16.1. The highest BCUT2D eigenvalue weighted by Gasteiger charge is 2.29. The van der Waals surface area contributed by atoms with Gasteiger partial charge in [-0.1, -0.05) is 48.5 Å². The monoisotopic (exact) mass is 623 g/mol. The molecule has 0 saturated carbocycles. The van der Waals surface area contributed by atoms with Gasteiger partial charge in [-0.3, -0.25) is 4.90 Å². The highest BCUT2D eigenvalue weighted by molar-refractivity contribution is 5.97. The van der Waals surface area contributed by atoms with Gasteiger partial charge >= 0.3 is 12.1 Å². The van der Waals surface area contributed by atoms with Crippen molar-refractivity contribution in [3.05, 3.63) is 89.6 Å². The number of carbonyl (C=O) groups is 2. The molecular formula is C36H41N5O5. The predicted octanol–water partition coefficient (Wildman–Crippen LogP) is 5.89. The zero-order valence-electron chi connectivity index (χ0n) is 26.8. The number of H-pyrrole nitrogens is 1. The second-order valence-corrected chi connectivity index (χ2v) is 12.4. The van der Waals surface area contributed by atoms with E-state index in [0.717, 1.165) is 60.4 Å². The van der Waals surface area contributed by atoms with Crippen LogP contribution in [0, 0.1) is 11.3 Å². The molecule has 5 rings (SSSR count). The Morgan fingerprint density at radius 3 is 2.46 bits per heavy atom. The highest BCUT2D eigenvalue weighted by atomic mass is 16.6. The molecule has 0 spiro atoms. The van der Waals surface area contributed by atoms with Crippen LogP contribution in [0.5, 0.6) is 0 Å². The molecule has 2 atom stereocenters. The third kappa shape index (κ3) is 8.24. The lowest BCUT2D eigenvalue weighted by Gasteiger charge is -2.27. The predicted molar refractivity (Wildman–Crippen MR) is 177 cm³/mol. The molecule has 1 fully saturated rings. The number of morpholine rings is 1. The summed E-state index contributed by atoms with van der Waals surface area (Å²) in [5.41, 5.74) is 4.84. The average Bonchev–Trinajstić information content (AvgIpc) is 3.45. The zero-order chi connectivity index (χ0) is 32.7. The van der Waals surface area contributed by atoms with Gasteiger partial charge in [0, 0.05) is 42.4 Å². The molecule has 1 aliphatic heterocycles. The second kappa shape index (κ2) is 14.5. The van der Waals surface area contributed by atoms with E-state index in [0.29, 0.717) is 12.1 Å². The Bertz CT molecular complexity index is 1700. The Morgan fingerprint density at radius 1 is 1.04 bits per heavy atom. The fourth-order valence-corrected chi connectivity index (χ4v) is 5.59. The van der Waals surface area contributed by atoms with Gasteiger partial charge in [0.2, 0.25) is 0 Å². The van der Waals surface area contributed by atoms with Gasteiger partial charge in [-0.25, -0.2) is 9.59 Å². The largest absolute Gasteiger partial charge is 0.465 e. The molecule has 1 aromatic heterocycles. The molecule has 0 radical (unpaired) electrons. The summed E-state index contributed by atoms with van der Waals surface area (Å²) in [5, 5.41) is 17.5. The number of aromatic nitrogens is 1. The number of para-hydroxylation sites is 1. The fraction of sp³-hybridized carbons (Fsp3) is 0.361. The highest BCUT2D eigenvalue weighted by Crippen LogP contribution is 2.28. The standard InChI is InChI=1S/C36H41N5O5/c1-36(2,3)46-35(43)40-32(20-27-22-38-30-8-6-5-7-28(27)30)33(21-37)39-31-14-13-26(19-29(31)34(42)44-4)25-11-9-24(10-12-25)23-41-15-17-45-18-16-41/h5-14,19,22,32-33,38-39H,15-18,20,23H2,1-4H3,(H,40,43)/t32-,33-/m0/s1. The van der Waals surface area contributed by atoms with Crippen molar-refractivity contribution < 1.29 is 23.8 Å². The first-order valence-corrected chi connectivity index (χ1v) is 15.5. The molecule has 1 saturated heterocycles. The quantitative estimate of drug-likeness (QED) is 0.187. The number of nitrogens with one attached hydrogen (secondary N) is 3. The molecule has 0 bridgehead atoms.